The normalized spacial score (nSPS) is 37.2. The van der Waals surface area contributed by atoms with Gasteiger partial charge in [-0.05, 0) is 37.4 Å². The van der Waals surface area contributed by atoms with Crippen molar-refractivity contribution in [3.8, 4) is 0 Å². The summed E-state index contributed by atoms with van der Waals surface area (Å²) >= 11 is 4.14. The number of amidine groups is 1. The first kappa shape index (κ1) is 12.2. The van der Waals surface area contributed by atoms with Crippen LogP contribution in [0.2, 0.25) is 0 Å². The summed E-state index contributed by atoms with van der Waals surface area (Å²) in [5.41, 5.74) is 0. The number of rotatable bonds is 4. The first-order valence-electron chi connectivity index (χ1n) is 6.96. The van der Waals surface area contributed by atoms with Gasteiger partial charge in [0.1, 0.15) is 0 Å². The molecule has 2 aliphatic carbocycles. The summed E-state index contributed by atoms with van der Waals surface area (Å²) < 4.78 is 0. The molecule has 17 heavy (non-hydrogen) atoms. The third-order valence-corrected chi connectivity index (χ3v) is 6.60. The minimum atomic E-state index is 0.684. The molecule has 0 aromatic rings. The third-order valence-electron chi connectivity index (χ3n) is 3.97. The maximum Gasteiger partial charge on any atom is 0.157 e. The summed E-state index contributed by atoms with van der Waals surface area (Å²) in [5, 5.41) is 6.59. The van der Waals surface area contributed by atoms with Crippen LogP contribution >= 0.6 is 23.5 Å². The minimum Gasteiger partial charge on any atom is -0.361 e. The van der Waals surface area contributed by atoms with Crippen LogP contribution < -0.4 is 5.32 Å². The quantitative estimate of drug-likeness (QED) is 0.849. The lowest BCUT2D eigenvalue weighted by Gasteiger charge is -2.21. The third kappa shape index (κ3) is 2.95. The molecule has 3 aliphatic rings. The number of aliphatic imine (C=N–C) groups is 1. The molecule has 0 radical (unpaired) electrons. The van der Waals surface area contributed by atoms with Gasteiger partial charge >= 0.3 is 0 Å². The van der Waals surface area contributed by atoms with Crippen molar-refractivity contribution >= 4 is 28.7 Å². The Morgan fingerprint density at radius 3 is 3.00 bits per heavy atom. The standard InChI is InChI=1S/C13H22N2S2/c1-2-16-11-5-3-4-10(11)15-13-14-8-12(17-13)9-6-7-9/h9-12H,2-8H2,1H3,(H,14,15). The predicted molar refractivity (Wildman–Crippen MR) is 79.1 cm³/mol. The molecular weight excluding hydrogens is 248 g/mol. The number of thioether (sulfide) groups is 2. The van der Waals surface area contributed by atoms with E-state index in [0.717, 1.165) is 23.0 Å². The Bertz CT molecular complexity index is 302. The molecular formula is C13H22N2S2. The molecule has 2 nitrogen and oxygen atoms in total. The molecule has 1 heterocycles. The van der Waals surface area contributed by atoms with Gasteiger partial charge in [0.15, 0.2) is 5.17 Å². The number of nitrogens with one attached hydrogen (secondary N) is 1. The van der Waals surface area contributed by atoms with E-state index in [4.69, 9.17) is 4.99 Å². The highest BCUT2D eigenvalue weighted by Gasteiger charge is 2.36. The second kappa shape index (κ2) is 5.43. The molecule has 0 saturated heterocycles. The van der Waals surface area contributed by atoms with Crippen LogP contribution in [-0.2, 0) is 0 Å². The van der Waals surface area contributed by atoms with Crippen LogP contribution in [0.15, 0.2) is 4.99 Å². The van der Waals surface area contributed by atoms with Crippen molar-refractivity contribution in [3.63, 3.8) is 0 Å². The molecule has 0 aromatic heterocycles. The van der Waals surface area contributed by atoms with E-state index in [1.54, 1.807) is 0 Å². The SMILES string of the molecule is CCSC1CCCC1NC1=NCC(C2CC2)S1. The molecule has 4 heteroatoms. The van der Waals surface area contributed by atoms with Crippen LogP contribution in [0.25, 0.3) is 0 Å². The van der Waals surface area contributed by atoms with Crippen molar-refractivity contribution in [2.24, 2.45) is 10.9 Å². The van der Waals surface area contributed by atoms with Crippen molar-refractivity contribution in [2.45, 2.75) is 55.6 Å². The van der Waals surface area contributed by atoms with Crippen molar-refractivity contribution in [1.29, 1.82) is 0 Å². The second-order valence-corrected chi connectivity index (χ2v) is 8.06. The number of nitrogens with zero attached hydrogens (tertiary/aromatic N) is 1. The summed E-state index contributed by atoms with van der Waals surface area (Å²) in [7, 11) is 0. The van der Waals surface area contributed by atoms with Gasteiger partial charge in [-0.2, -0.15) is 11.8 Å². The Morgan fingerprint density at radius 1 is 1.35 bits per heavy atom. The van der Waals surface area contributed by atoms with E-state index in [-0.39, 0.29) is 0 Å². The van der Waals surface area contributed by atoms with Gasteiger partial charge in [0, 0.05) is 16.5 Å². The highest BCUT2D eigenvalue weighted by atomic mass is 32.2. The lowest BCUT2D eigenvalue weighted by molar-refractivity contribution is 0.645. The molecule has 2 saturated carbocycles. The zero-order valence-corrected chi connectivity index (χ0v) is 12.2. The van der Waals surface area contributed by atoms with Gasteiger partial charge in [-0.1, -0.05) is 25.1 Å². The van der Waals surface area contributed by atoms with E-state index < -0.39 is 0 Å². The molecule has 0 spiro atoms. The molecule has 3 atom stereocenters. The number of hydrogen-bond donors (Lipinski definition) is 1. The van der Waals surface area contributed by atoms with E-state index in [9.17, 15) is 0 Å². The van der Waals surface area contributed by atoms with Gasteiger partial charge in [0.2, 0.25) is 0 Å². The maximum atomic E-state index is 4.70. The molecule has 3 unspecified atom stereocenters. The fraction of sp³-hybridized carbons (Fsp3) is 0.923. The van der Waals surface area contributed by atoms with Gasteiger partial charge in [-0.15, -0.1) is 0 Å². The van der Waals surface area contributed by atoms with Gasteiger partial charge < -0.3 is 5.32 Å². The highest BCUT2D eigenvalue weighted by molar-refractivity contribution is 8.14. The van der Waals surface area contributed by atoms with Crippen molar-refractivity contribution in [3.05, 3.63) is 0 Å². The average Bonchev–Trinajstić information content (AvgIpc) is 2.93. The molecule has 3 rings (SSSR count). The van der Waals surface area contributed by atoms with Crippen LogP contribution in [0.4, 0.5) is 0 Å². The number of hydrogen-bond acceptors (Lipinski definition) is 4. The largest absolute Gasteiger partial charge is 0.361 e. The Balaban J connectivity index is 1.49. The van der Waals surface area contributed by atoms with Crippen LogP contribution in [0.3, 0.4) is 0 Å². The van der Waals surface area contributed by atoms with Gasteiger partial charge in [0.05, 0.1) is 6.54 Å². The zero-order valence-electron chi connectivity index (χ0n) is 10.5. The van der Waals surface area contributed by atoms with Crippen LogP contribution in [0.1, 0.15) is 39.0 Å². The van der Waals surface area contributed by atoms with E-state index in [1.807, 2.05) is 11.8 Å². The Kier molecular flexibility index (Phi) is 3.90. The van der Waals surface area contributed by atoms with Crippen LogP contribution in [0.5, 0.6) is 0 Å². The first-order chi connectivity index (χ1) is 8.36. The summed E-state index contributed by atoms with van der Waals surface area (Å²) in [6.45, 7) is 3.33. The molecule has 1 N–H and O–H groups in total. The van der Waals surface area contributed by atoms with Gasteiger partial charge in [0.25, 0.3) is 0 Å². The molecule has 2 fully saturated rings. The smallest absolute Gasteiger partial charge is 0.157 e. The molecule has 1 aliphatic heterocycles. The van der Waals surface area contributed by atoms with Gasteiger partial charge in [-0.25, -0.2) is 0 Å². The molecule has 0 aromatic carbocycles. The second-order valence-electron chi connectivity index (χ2n) is 5.32. The molecule has 96 valence electrons. The maximum absolute atomic E-state index is 4.70. The highest BCUT2D eigenvalue weighted by Crippen LogP contribution is 2.42. The average molecular weight is 270 g/mol. The summed E-state index contributed by atoms with van der Waals surface area (Å²) in [6, 6.07) is 0.684. The Labute approximate surface area is 113 Å². The predicted octanol–water partition coefficient (Wildman–Crippen LogP) is 3.13. The molecule has 0 amide bonds. The van der Waals surface area contributed by atoms with Crippen molar-refractivity contribution < 1.29 is 0 Å². The van der Waals surface area contributed by atoms with Gasteiger partial charge in [-0.3, -0.25) is 4.99 Å². The first-order valence-corrected chi connectivity index (χ1v) is 8.89. The topological polar surface area (TPSA) is 24.4 Å². The van der Waals surface area contributed by atoms with E-state index in [0.29, 0.717) is 6.04 Å². The van der Waals surface area contributed by atoms with Crippen LogP contribution in [0, 0.1) is 5.92 Å². The van der Waals surface area contributed by atoms with E-state index in [2.05, 4.69) is 24.0 Å². The summed E-state index contributed by atoms with van der Waals surface area (Å²) in [5.74, 6) is 2.22. The fourth-order valence-corrected chi connectivity index (χ4v) is 5.31. The van der Waals surface area contributed by atoms with Crippen molar-refractivity contribution in [2.75, 3.05) is 12.3 Å². The minimum absolute atomic E-state index is 0.684. The Hall–Kier alpha value is 0.170. The summed E-state index contributed by atoms with van der Waals surface area (Å²) in [4.78, 5) is 4.70. The van der Waals surface area contributed by atoms with Crippen molar-refractivity contribution in [1.82, 2.24) is 5.32 Å². The monoisotopic (exact) mass is 270 g/mol. The Morgan fingerprint density at radius 2 is 2.24 bits per heavy atom. The van der Waals surface area contributed by atoms with Crippen LogP contribution in [-0.4, -0.2) is 34.0 Å². The molecule has 0 bridgehead atoms. The lowest BCUT2D eigenvalue weighted by atomic mass is 10.2. The zero-order chi connectivity index (χ0) is 11.7. The van der Waals surface area contributed by atoms with E-state index >= 15 is 0 Å². The summed E-state index contributed by atoms with van der Waals surface area (Å²) in [6.07, 6.45) is 7.00. The lowest BCUT2D eigenvalue weighted by Crippen LogP contribution is -2.37. The fourth-order valence-electron chi connectivity index (χ4n) is 2.85. The van der Waals surface area contributed by atoms with E-state index in [1.165, 1.54) is 43.0 Å².